The topological polar surface area (TPSA) is 70.5 Å². The van der Waals surface area contributed by atoms with Crippen LogP contribution in [0.1, 0.15) is 12.7 Å². The lowest BCUT2D eigenvalue weighted by molar-refractivity contribution is 0.145. The van der Waals surface area contributed by atoms with Crippen molar-refractivity contribution in [1.82, 2.24) is 5.16 Å². The van der Waals surface area contributed by atoms with Crippen LogP contribution in [-0.4, -0.2) is 25.5 Å². The van der Waals surface area contributed by atoms with E-state index in [1.807, 2.05) is 6.92 Å². The number of rotatable bonds is 6. The van der Waals surface area contributed by atoms with Gasteiger partial charge in [-0.25, -0.2) is 0 Å². The van der Waals surface area contributed by atoms with E-state index in [4.69, 9.17) is 31.3 Å². The molecule has 0 aliphatic carbocycles. The molecule has 1 aromatic carbocycles. The van der Waals surface area contributed by atoms with Gasteiger partial charge in [0.05, 0.1) is 19.3 Å². The van der Waals surface area contributed by atoms with Gasteiger partial charge in [-0.1, -0.05) is 16.8 Å². The Kier molecular flexibility index (Phi) is 4.87. The van der Waals surface area contributed by atoms with E-state index in [0.717, 1.165) is 5.56 Å². The normalized spacial score (nSPS) is 10.8. The van der Waals surface area contributed by atoms with Gasteiger partial charge in [-0.3, -0.25) is 0 Å². The smallest absolute Gasteiger partial charge is 0.175 e. The molecule has 0 saturated heterocycles. The van der Waals surface area contributed by atoms with E-state index in [1.54, 1.807) is 25.3 Å². The maximum Gasteiger partial charge on any atom is 0.175 e. The fourth-order valence-electron chi connectivity index (χ4n) is 1.98. The molecule has 2 rings (SSSR count). The van der Waals surface area contributed by atoms with Gasteiger partial charge in [-0.05, 0) is 25.1 Å². The van der Waals surface area contributed by atoms with E-state index in [0.29, 0.717) is 47.5 Å². The van der Waals surface area contributed by atoms with E-state index < -0.39 is 0 Å². The van der Waals surface area contributed by atoms with Crippen molar-refractivity contribution in [2.24, 2.45) is 0 Å². The highest BCUT2D eigenvalue weighted by molar-refractivity contribution is 6.31. The summed E-state index contributed by atoms with van der Waals surface area (Å²) in [4.78, 5) is 0. The molecule has 0 atom stereocenters. The quantitative estimate of drug-likeness (QED) is 0.829. The molecule has 1 heterocycles. The number of nitrogens with zero attached hydrogens (tertiary/aromatic N) is 1. The van der Waals surface area contributed by atoms with Crippen LogP contribution < -0.4 is 10.5 Å². The van der Waals surface area contributed by atoms with Crippen LogP contribution in [0.15, 0.2) is 22.7 Å². The molecule has 6 heteroatoms. The van der Waals surface area contributed by atoms with Crippen LogP contribution in [0.25, 0.3) is 11.1 Å². The molecule has 0 bridgehead atoms. The fraction of sp³-hybridized carbons (Fsp3) is 0.357. The minimum Gasteiger partial charge on any atom is -0.496 e. The second-order valence-electron chi connectivity index (χ2n) is 4.16. The first-order valence-electron chi connectivity index (χ1n) is 6.33. The minimum absolute atomic E-state index is 0.317. The Labute approximate surface area is 122 Å². The average molecular weight is 297 g/mol. The number of nitrogens with two attached hydrogens (primary N) is 1. The first-order chi connectivity index (χ1) is 9.67. The summed E-state index contributed by atoms with van der Waals surface area (Å²) < 4.78 is 16.0. The number of aromatic nitrogens is 1. The second kappa shape index (κ2) is 6.63. The molecule has 0 amide bonds. The predicted molar refractivity (Wildman–Crippen MR) is 78.1 cm³/mol. The van der Waals surface area contributed by atoms with Gasteiger partial charge in [-0.2, -0.15) is 0 Å². The van der Waals surface area contributed by atoms with Crippen LogP contribution in [0.5, 0.6) is 5.75 Å². The molecular formula is C14H17ClN2O3. The molecule has 0 spiro atoms. The maximum atomic E-state index is 6.05. The molecule has 0 aliphatic rings. The van der Waals surface area contributed by atoms with E-state index >= 15 is 0 Å². The summed E-state index contributed by atoms with van der Waals surface area (Å²) in [5.41, 5.74) is 7.39. The van der Waals surface area contributed by atoms with Gasteiger partial charge in [0.1, 0.15) is 11.5 Å². The maximum absolute atomic E-state index is 6.05. The van der Waals surface area contributed by atoms with E-state index in [2.05, 4.69) is 5.16 Å². The van der Waals surface area contributed by atoms with Crippen molar-refractivity contribution < 1.29 is 14.0 Å². The van der Waals surface area contributed by atoms with Crippen LogP contribution in [0.2, 0.25) is 5.02 Å². The Balaban J connectivity index is 2.41. The SMILES string of the molecule is CCOCCc1onc(N)c1-c1cc(Cl)ccc1OC. The van der Waals surface area contributed by atoms with Crippen LogP contribution in [0, 0.1) is 0 Å². The molecule has 0 unspecified atom stereocenters. The fourth-order valence-corrected chi connectivity index (χ4v) is 2.15. The van der Waals surface area contributed by atoms with Crippen molar-refractivity contribution in [2.75, 3.05) is 26.1 Å². The number of benzene rings is 1. The van der Waals surface area contributed by atoms with E-state index in [-0.39, 0.29) is 0 Å². The molecule has 2 N–H and O–H groups in total. The number of methoxy groups -OCH3 is 1. The summed E-state index contributed by atoms with van der Waals surface area (Å²) in [6.45, 7) is 3.14. The highest BCUT2D eigenvalue weighted by Gasteiger charge is 2.19. The van der Waals surface area contributed by atoms with Gasteiger partial charge in [0, 0.05) is 23.6 Å². The van der Waals surface area contributed by atoms with Crippen molar-refractivity contribution in [3.63, 3.8) is 0 Å². The minimum atomic E-state index is 0.317. The number of halogens is 1. The van der Waals surface area contributed by atoms with Gasteiger partial charge >= 0.3 is 0 Å². The van der Waals surface area contributed by atoms with Crippen molar-refractivity contribution in [1.29, 1.82) is 0 Å². The molecule has 108 valence electrons. The summed E-state index contributed by atoms with van der Waals surface area (Å²) in [5.74, 6) is 1.65. The lowest BCUT2D eigenvalue weighted by Gasteiger charge is -2.09. The highest BCUT2D eigenvalue weighted by atomic mass is 35.5. The largest absolute Gasteiger partial charge is 0.496 e. The summed E-state index contributed by atoms with van der Waals surface area (Å²) >= 11 is 6.05. The average Bonchev–Trinajstić information content (AvgIpc) is 2.80. The molecule has 0 radical (unpaired) electrons. The van der Waals surface area contributed by atoms with Crippen LogP contribution in [0.4, 0.5) is 5.82 Å². The predicted octanol–water partition coefficient (Wildman–Crippen LogP) is 3.16. The van der Waals surface area contributed by atoms with Crippen molar-refractivity contribution >= 4 is 17.4 Å². The number of anilines is 1. The third-order valence-electron chi connectivity index (χ3n) is 2.90. The Morgan fingerprint density at radius 3 is 2.90 bits per heavy atom. The third-order valence-corrected chi connectivity index (χ3v) is 3.13. The zero-order valence-corrected chi connectivity index (χ0v) is 12.2. The molecule has 1 aromatic heterocycles. The molecule has 0 aliphatic heterocycles. The van der Waals surface area contributed by atoms with Crippen LogP contribution >= 0.6 is 11.6 Å². The summed E-state index contributed by atoms with van der Waals surface area (Å²) in [7, 11) is 1.59. The lowest BCUT2D eigenvalue weighted by atomic mass is 10.0. The Bertz CT molecular complexity index is 584. The monoisotopic (exact) mass is 296 g/mol. The van der Waals surface area contributed by atoms with Gasteiger partial charge in [-0.15, -0.1) is 0 Å². The van der Waals surface area contributed by atoms with E-state index in [9.17, 15) is 0 Å². The third kappa shape index (κ3) is 3.05. The Morgan fingerprint density at radius 1 is 1.40 bits per heavy atom. The molecular weight excluding hydrogens is 280 g/mol. The van der Waals surface area contributed by atoms with Crippen LogP contribution in [-0.2, 0) is 11.2 Å². The van der Waals surface area contributed by atoms with Gasteiger partial charge in [0.15, 0.2) is 5.82 Å². The number of hydrogen-bond acceptors (Lipinski definition) is 5. The molecule has 0 saturated carbocycles. The summed E-state index contributed by atoms with van der Waals surface area (Å²) in [6.07, 6.45) is 0.586. The summed E-state index contributed by atoms with van der Waals surface area (Å²) in [6, 6.07) is 5.33. The lowest BCUT2D eigenvalue weighted by Crippen LogP contribution is -1.99. The van der Waals surface area contributed by atoms with Gasteiger partial charge in [0.2, 0.25) is 0 Å². The molecule has 0 fully saturated rings. The molecule has 20 heavy (non-hydrogen) atoms. The first-order valence-corrected chi connectivity index (χ1v) is 6.70. The van der Waals surface area contributed by atoms with Crippen molar-refractivity contribution in [2.45, 2.75) is 13.3 Å². The number of ether oxygens (including phenoxy) is 2. The van der Waals surface area contributed by atoms with Gasteiger partial charge in [0.25, 0.3) is 0 Å². The number of hydrogen-bond donors (Lipinski definition) is 1. The van der Waals surface area contributed by atoms with Gasteiger partial charge < -0.3 is 19.7 Å². The first kappa shape index (κ1) is 14.7. The van der Waals surface area contributed by atoms with E-state index in [1.165, 1.54) is 0 Å². The zero-order chi connectivity index (χ0) is 14.5. The van der Waals surface area contributed by atoms with Crippen molar-refractivity contribution in [3.8, 4) is 16.9 Å². The Hall–Kier alpha value is -1.72. The molecule has 5 nitrogen and oxygen atoms in total. The number of nitrogen functional groups attached to an aromatic ring is 1. The summed E-state index contributed by atoms with van der Waals surface area (Å²) in [5, 5.41) is 4.42. The second-order valence-corrected chi connectivity index (χ2v) is 4.59. The highest BCUT2D eigenvalue weighted by Crippen LogP contribution is 2.38. The van der Waals surface area contributed by atoms with Crippen LogP contribution in [0.3, 0.4) is 0 Å². The molecule has 2 aromatic rings. The van der Waals surface area contributed by atoms with Crippen molar-refractivity contribution in [3.05, 3.63) is 29.0 Å². The zero-order valence-electron chi connectivity index (χ0n) is 11.5. The standard InChI is InChI=1S/C14H17ClN2O3/c1-3-19-7-6-12-13(14(16)17-20-12)10-8-9(15)4-5-11(10)18-2/h4-5,8H,3,6-7H2,1-2H3,(H2,16,17). The Morgan fingerprint density at radius 2 is 2.20 bits per heavy atom.